The van der Waals surface area contributed by atoms with Crippen LogP contribution in [0.15, 0.2) is 0 Å². The fourth-order valence-corrected chi connectivity index (χ4v) is 0. The molecule has 0 aromatic rings. The Bertz CT molecular complexity index is 11.6. The minimum absolute atomic E-state index is 0. The first-order valence-electron chi connectivity index (χ1n) is 0. The van der Waals surface area contributed by atoms with Crippen LogP contribution in [0.2, 0.25) is 0 Å². The van der Waals surface area contributed by atoms with Crippen molar-refractivity contribution in [3.8, 4) is 0 Å². The van der Waals surface area contributed by atoms with Gasteiger partial charge < -0.3 is 0 Å². The molecule has 0 fully saturated rings. The van der Waals surface area contributed by atoms with Crippen molar-refractivity contribution in [3.05, 3.63) is 0 Å². The summed E-state index contributed by atoms with van der Waals surface area (Å²) in [5.74, 6) is 0. The molecule has 2 radical (unpaired) electrons. The van der Waals surface area contributed by atoms with Crippen molar-refractivity contribution in [1.29, 1.82) is 0 Å². The molecule has 5 heavy (non-hydrogen) atoms. The van der Waals surface area contributed by atoms with Crippen LogP contribution in [0.5, 0.6) is 0 Å². The Kier molecular flexibility index (Phi) is 213. The predicted octanol–water partition coefficient (Wildman–Crippen LogP) is -3.17. The van der Waals surface area contributed by atoms with Crippen LogP contribution in [0.4, 0.5) is 0 Å². The summed E-state index contributed by atoms with van der Waals surface area (Å²) in [5, 5.41) is 0. The molecule has 0 rings (SSSR count). The van der Waals surface area contributed by atoms with Crippen LogP contribution >= 0.6 is 13.5 Å². The predicted molar refractivity (Wildman–Crippen MR) is 38.8 cm³/mol. The second kappa shape index (κ2) is 26.4. The third kappa shape index (κ3) is 18.8. The van der Waals surface area contributed by atoms with E-state index in [4.69, 9.17) is 0 Å². The van der Waals surface area contributed by atoms with Gasteiger partial charge >= 0.3 is 74.5 Å². The molecule has 0 N–H and O–H groups in total. The van der Waals surface area contributed by atoms with Crippen molar-refractivity contribution in [2.45, 2.75) is 0 Å². The number of hydrogen-bond acceptors (Lipinski definition) is 0. The van der Waals surface area contributed by atoms with E-state index in [0.29, 0.717) is 0 Å². The SMILES string of the molecule is S.[BiH3].[Ni].[SbH3].[SnH2]. The number of rotatable bonds is 0. The summed E-state index contributed by atoms with van der Waals surface area (Å²) in [6.07, 6.45) is 0. The van der Waals surface area contributed by atoms with Gasteiger partial charge in [0.1, 0.15) is 0 Å². The third-order valence-electron chi connectivity index (χ3n) is 0. The van der Waals surface area contributed by atoms with Gasteiger partial charge in [-0.2, -0.15) is 13.5 Å². The average Bonchev–Trinajstić information content (AvgIpc) is 0. The molecular weight excluding hydrogens is 540 g/mol. The molecule has 40 valence electrons. The van der Waals surface area contributed by atoms with E-state index >= 15 is 0 Å². The van der Waals surface area contributed by atoms with Crippen molar-refractivity contribution in [3.63, 3.8) is 0 Å². The molecule has 0 bridgehead atoms. The molecule has 0 nitrogen and oxygen atoms in total. The van der Waals surface area contributed by atoms with E-state index in [1.54, 1.807) is 0 Å². The van der Waals surface area contributed by atoms with Crippen LogP contribution in [0.25, 0.3) is 0 Å². The molecule has 0 unspecified atom stereocenters. The summed E-state index contributed by atoms with van der Waals surface area (Å²) in [7, 11) is 0. The van der Waals surface area contributed by atoms with Gasteiger partial charge in [0.05, 0.1) is 0 Å². The Morgan fingerprint density at radius 3 is 1.00 bits per heavy atom. The zero-order valence-corrected chi connectivity index (χ0v) is 18.5. The zero-order valence-electron chi connectivity index (χ0n) is 2.94. The molecule has 0 spiro atoms. The van der Waals surface area contributed by atoms with Crippen molar-refractivity contribution in [2.24, 2.45) is 0 Å². The summed E-state index contributed by atoms with van der Waals surface area (Å²) < 4.78 is 0. The van der Waals surface area contributed by atoms with E-state index in [1.165, 1.54) is 0 Å². The van der Waals surface area contributed by atoms with Gasteiger partial charge in [0.2, 0.25) is 0 Å². The van der Waals surface area contributed by atoms with Crippen LogP contribution in [-0.4, -0.2) is 74.5 Å². The van der Waals surface area contributed by atoms with E-state index in [2.05, 4.69) is 0 Å². The molecule has 0 heterocycles. The van der Waals surface area contributed by atoms with Crippen LogP contribution in [0.3, 0.4) is 0 Å². The quantitative estimate of drug-likeness (QED) is 0.280. The summed E-state index contributed by atoms with van der Waals surface area (Å²) in [6, 6.07) is 0. The number of hydrogen-bond donors (Lipinski definition) is 0. The minimum atomic E-state index is 0. The van der Waals surface area contributed by atoms with E-state index in [1.807, 2.05) is 0 Å². The summed E-state index contributed by atoms with van der Waals surface area (Å²) in [6.45, 7) is 0. The zero-order chi connectivity index (χ0) is 0. The monoisotopic (exact) mass is 550 g/mol. The summed E-state index contributed by atoms with van der Waals surface area (Å²) in [5.41, 5.74) is 0. The molecule has 5 heteroatoms. The van der Waals surface area contributed by atoms with Crippen molar-refractivity contribution < 1.29 is 16.5 Å². The van der Waals surface area contributed by atoms with Gasteiger partial charge in [-0.15, -0.1) is 0 Å². The second-order valence-corrected chi connectivity index (χ2v) is 0. The molecule has 0 aromatic carbocycles. The molecule has 0 aromatic heterocycles. The fourth-order valence-electron chi connectivity index (χ4n) is 0. The van der Waals surface area contributed by atoms with Crippen LogP contribution in [-0.2, 0) is 16.5 Å². The Morgan fingerprint density at radius 1 is 1.00 bits per heavy atom. The Morgan fingerprint density at radius 2 is 1.00 bits per heavy atom. The third-order valence-corrected chi connectivity index (χ3v) is 0. The van der Waals surface area contributed by atoms with E-state index < -0.39 is 0 Å². The van der Waals surface area contributed by atoms with Gasteiger partial charge in [-0.1, -0.05) is 0 Å². The van der Waals surface area contributed by atoms with Crippen LogP contribution in [0.1, 0.15) is 0 Å². The van der Waals surface area contributed by atoms with Gasteiger partial charge in [-0.3, -0.25) is 0 Å². The molecule has 0 aliphatic heterocycles. The average molecular weight is 550 g/mol. The van der Waals surface area contributed by atoms with Crippen LogP contribution in [0, 0.1) is 0 Å². The van der Waals surface area contributed by atoms with Gasteiger partial charge in [0.25, 0.3) is 0 Å². The van der Waals surface area contributed by atoms with Gasteiger partial charge in [0, 0.05) is 16.5 Å². The Hall–Kier alpha value is 3.34. The van der Waals surface area contributed by atoms with Gasteiger partial charge in [-0.05, 0) is 0 Å². The van der Waals surface area contributed by atoms with E-state index in [-0.39, 0.29) is 105 Å². The first-order valence-corrected chi connectivity index (χ1v) is 0. The molecule has 0 aliphatic rings. The van der Waals surface area contributed by atoms with E-state index in [9.17, 15) is 0 Å². The molecular formula is H10BiNiSSbSn. The first-order chi connectivity index (χ1) is 0. The fraction of sp³-hybridized carbons (Fsp3) is 0. The molecule has 0 amide bonds. The van der Waals surface area contributed by atoms with E-state index in [0.717, 1.165) is 0 Å². The molecule has 0 saturated heterocycles. The van der Waals surface area contributed by atoms with Crippen molar-refractivity contribution >= 4 is 88.0 Å². The Labute approximate surface area is 103 Å². The topological polar surface area (TPSA) is 0 Å². The maximum atomic E-state index is 0. The molecule has 0 aliphatic carbocycles. The van der Waals surface area contributed by atoms with Crippen LogP contribution < -0.4 is 0 Å². The van der Waals surface area contributed by atoms with Gasteiger partial charge in [-0.25, -0.2) is 0 Å². The molecule has 0 atom stereocenters. The van der Waals surface area contributed by atoms with Gasteiger partial charge in [0.15, 0.2) is 0 Å². The molecule has 0 saturated carbocycles. The summed E-state index contributed by atoms with van der Waals surface area (Å²) >= 11 is 0. The first kappa shape index (κ1) is 40.2. The summed E-state index contributed by atoms with van der Waals surface area (Å²) in [4.78, 5) is 0. The van der Waals surface area contributed by atoms with Crippen molar-refractivity contribution in [1.82, 2.24) is 0 Å². The Balaban J connectivity index is 0. The second-order valence-electron chi connectivity index (χ2n) is 0. The standard InChI is InChI=1S/Bi.Ni.H2S.Sb.Sn.8H/h;;1H2;;;;;;;;;;. The van der Waals surface area contributed by atoms with Crippen molar-refractivity contribution in [2.75, 3.05) is 0 Å². The maximum absolute atomic E-state index is 0. The normalized spacial score (nSPS) is 0.